The van der Waals surface area contributed by atoms with Gasteiger partial charge in [0.2, 0.25) is 5.82 Å². The second kappa shape index (κ2) is 5.42. The second-order valence-electron chi connectivity index (χ2n) is 4.82. The molecule has 0 unspecified atom stereocenters. The molecule has 3 rings (SSSR count). The number of hydrogen-bond acceptors (Lipinski definition) is 4. The summed E-state index contributed by atoms with van der Waals surface area (Å²) in [6.07, 6.45) is 1.76. The van der Waals surface area contributed by atoms with E-state index in [1.165, 1.54) is 11.1 Å². The molecule has 1 aliphatic rings. The van der Waals surface area contributed by atoms with E-state index >= 15 is 0 Å². The topological polar surface area (TPSA) is 82.7 Å². The quantitative estimate of drug-likeness (QED) is 0.785. The van der Waals surface area contributed by atoms with Crippen LogP contribution in [0.5, 0.6) is 0 Å². The van der Waals surface area contributed by atoms with Gasteiger partial charge < -0.3 is 10.6 Å². The van der Waals surface area contributed by atoms with E-state index in [2.05, 4.69) is 31.9 Å². The molecule has 0 atom stereocenters. The number of hydrogen-bond donors (Lipinski definition) is 3. The third-order valence-electron chi connectivity index (χ3n) is 3.42. The van der Waals surface area contributed by atoms with Crippen molar-refractivity contribution in [2.75, 3.05) is 11.9 Å². The number of anilines is 1. The largest absolute Gasteiger partial charge is 0.319 e. The van der Waals surface area contributed by atoms with E-state index in [1.807, 2.05) is 19.1 Å². The first-order valence-corrected chi connectivity index (χ1v) is 6.81. The Morgan fingerprint density at radius 1 is 1.40 bits per heavy atom. The average molecular weight is 271 g/mol. The molecule has 0 saturated heterocycles. The molecular formula is C14H17N5O. The maximum atomic E-state index is 12.0. The Labute approximate surface area is 117 Å². The molecule has 104 valence electrons. The molecule has 0 aliphatic carbocycles. The molecule has 6 heteroatoms. The molecular weight excluding hydrogens is 254 g/mol. The van der Waals surface area contributed by atoms with Gasteiger partial charge in [-0.05, 0) is 36.2 Å². The number of aromatic nitrogens is 3. The molecule has 0 bridgehead atoms. The number of rotatable bonds is 3. The van der Waals surface area contributed by atoms with Crippen molar-refractivity contribution in [2.45, 2.75) is 26.3 Å². The molecule has 1 aromatic heterocycles. The minimum absolute atomic E-state index is 0.178. The van der Waals surface area contributed by atoms with E-state index < -0.39 is 0 Å². The minimum atomic E-state index is -0.287. The Morgan fingerprint density at radius 3 is 3.10 bits per heavy atom. The van der Waals surface area contributed by atoms with Crippen LogP contribution in [0.25, 0.3) is 0 Å². The number of benzene rings is 1. The molecule has 0 radical (unpaired) electrons. The fourth-order valence-electron chi connectivity index (χ4n) is 2.30. The van der Waals surface area contributed by atoms with Gasteiger partial charge in [-0.25, -0.2) is 4.98 Å². The van der Waals surface area contributed by atoms with Crippen LogP contribution in [0.15, 0.2) is 18.2 Å². The van der Waals surface area contributed by atoms with Gasteiger partial charge in [0.05, 0.1) is 0 Å². The van der Waals surface area contributed by atoms with Crippen LogP contribution in [0.3, 0.4) is 0 Å². The summed E-state index contributed by atoms with van der Waals surface area (Å²) in [5.41, 5.74) is 3.35. The zero-order chi connectivity index (χ0) is 13.9. The van der Waals surface area contributed by atoms with Crippen molar-refractivity contribution in [1.82, 2.24) is 20.5 Å². The summed E-state index contributed by atoms with van der Waals surface area (Å²) in [6.45, 7) is 3.81. The van der Waals surface area contributed by atoms with Crippen LogP contribution in [-0.4, -0.2) is 27.6 Å². The number of carbonyl (C=O) groups excluding carboxylic acids is 1. The number of H-pyrrole nitrogens is 1. The fourth-order valence-corrected chi connectivity index (χ4v) is 2.30. The highest BCUT2D eigenvalue weighted by Crippen LogP contribution is 2.19. The lowest BCUT2D eigenvalue weighted by Crippen LogP contribution is -2.24. The maximum Gasteiger partial charge on any atom is 0.295 e. The van der Waals surface area contributed by atoms with Crippen LogP contribution >= 0.6 is 0 Å². The van der Waals surface area contributed by atoms with Crippen LogP contribution in [0.2, 0.25) is 0 Å². The van der Waals surface area contributed by atoms with E-state index in [1.54, 1.807) is 0 Å². The first-order valence-electron chi connectivity index (χ1n) is 6.81. The van der Waals surface area contributed by atoms with Gasteiger partial charge in [-0.1, -0.05) is 13.0 Å². The third-order valence-corrected chi connectivity index (χ3v) is 3.42. The van der Waals surface area contributed by atoms with Crippen molar-refractivity contribution in [3.63, 3.8) is 0 Å². The van der Waals surface area contributed by atoms with Gasteiger partial charge in [0.25, 0.3) is 5.91 Å². The number of aryl methyl sites for hydroxylation is 1. The highest BCUT2D eigenvalue weighted by atomic mass is 16.2. The van der Waals surface area contributed by atoms with Crippen molar-refractivity contribution in [1.29, 1.82) is 0 Å². The van der Waals surface area contributed by atoms with Crippen LogP contribution < -0.4 is 10.6 Å². The summed E-state index contributed by atoms with van der Waals surface area (Å²) in [6, 6.07) is 6.00. The molecule has 0 fully saturated rings. The molecule has 2 aromatic rings. The zero-order valence-electron chi connectivity index (χ0n) is 11.4. The molecule has 0 saturated carbocycles. The van der Waals surface area contributed by atoms with Gasteiger partial charge in [-0.2, -0.15) is 0 Å². The number of amides is 1. The molecule has 6 nitrogen and oxygen atoms in total. The Morgan fingerprint density at radius 2 is 2.30 bits per heavy atom. The predicted molar refractivity (Wildman–Crippen MR) is 75.6 cm³/mol. The molecule has 3 N–H and O–H groups in total. The van der Waals surface area contributed by atoms with E-state index in [-0.39, 0.29) is 11.7 Å². The summed E-state index contributed by atoms with van der Waals surface area (Å²) >= 11 is 0. The van der Waals surface area contributed by atoms with Crippen molar-refractivity contribution < 1.29 is 4.79 Å². The van der Waals surface area contributed by atoms with Gasteiger partial charge in [0.1, 0.15) is 5.82 Å². The highest BCUT2D eigenvalue weighted by molar-refractivity contribution is 6.01. The Kier molecular flexibility index (Phi) is 3.47. The van der Waals surface area contributed by atoms with Gasteiger partial charge in [0.15, 0.2) is 0 Å². The van der Waals surface area contributed by atoms with Gasteiger partial charge >= 0.3 is 0 Å². The smallest absolute Gasteiger partial charge is 0.295 e. The van der Waals surface area contributed by atoms with Gasteiger partial charge in [-0.3, -0.25) is 9.89 Å². The maximum absolute atomic E-state index is 12.0. The summed E-state index contributed by atoms with van der Waals surface area (Å²) in [5.74, 6) is 0.604. The summed E-state index contributed by atoms with van der Waals surface area (Å²) in [4.78, 5) is 16.2. The highest BCUT2D eigenvalue weighted by Gasteiger charge is 2.14. The third kappa shape index (κ3) is 2.55. The Balaban J connectivity index is 1.75. The van der Waals surface area contributed by atoms with Crippen LogP contribution in [0.4, 0.5) is 5.69 Å². The van der Waals surface area contributed by atoms with Gasteiger partial charge in [-0.15, -0.1) is 5.10 Å². The van der Waals surface area contributed by atoms with E-state index in [4.69, 9.17) is 0 Å². The van der Waals surface area contributed by atoms with Crippen molar-refractivity contribution in [3.05, 3.63) is 41.0 Å². The number of fused-ring (bicyclic) bond motifs is 1. The lowest BCUT2D eigenvalue weighted by Gasteiger charge is -2.17. The average Bonchev–Trinajstić information content (AvgIpc) is 2.96. The molecule has 1 aromatic carbocycles. The van der Waals surface area contributed by atoms with Crippen LogP contribution in [0, 0.1) is 0 Å². The number of nitrogens with zero attached hydrogens (tertiary/aromatic N) is 2. The fraction of sp³-hybridized carbons (Fsp3) is 0.357. The summed E-state index contributed by atoms with van der Waals surface area (Å²) in [5, 5.41) is 12.8. The minimum Gasteiger partial charge on any atom is -0.319 e. The molecule has 0 spiro atoms. The number of nitrogens with one attached hydrogen (secondary N) is 3. The second-order valence-corrected chi connectivity index (χ2v) is 4.82. The SMILES string of the molecule is CCc1nc(C(=O)Nc2ccc3c(c2)CNCC3)n[nH]1. The molecule has 1 aliphatic heterocycles. The monoisotopic (exact) mass is 271 g/mol. The summed E-state index contributed by atoms with van der Waals surface area (Å²) < 4.78 is 0. The van der Waals surface area contributed by atoms with Crippen molar-refractivity contribution in [2.24, 2.45) is 0 Å². The van der Waals surface area contributed by atoms with E-state index in [0.29, 0.717) is 5.82 Å². The zero-order valence-corrected chi connectivity index (χ0v) is 11.4. The predicted octanol–water partition coefficient (Wildman–Crippen LogP) is 1.27. The van der Waals surface area contributed by atoms with Crippen LogP contribution in [-0.2, 0) is 19.4 Å². The van der Waals surface area contributed by atoms with Crippen LogP contribution in [0.1, 0.15) is 34.5 Å². The van der Waals surface area contributed by atoms with Crippen molar-refractivity contribution >= 4 is 11.6 Å². The molecule has 20 heavy (non-hydrogen) atoms. The first kappa shape index (κ1) is 12.8. The summed E-state index contributed by atoms with van der Waals surface area (Å²) in [7, 11) is 0. The first-order chi connectivity index (χ1) is 9.76. The molecule has 2 heterocycles. The number of aromatic amines is 1. The van der Waals surface area contributed by atoms with E-state index in [9.17, 15) is 4.79 Å². The normalized spacial score (nSPS) is 13.8. The Bertz CT molecular complexity index is 634. The van der Waals surface area contributed by atoms with Crippen molar-refractivity contribution in [3.8, 4) is 0 Å². The lowest BCUT2D eigenvalue weighted by molar-refractivity contribution is 0.101. The standard InChI is InChI=1S/C14H17N5O/c1-2-12-17-13(19-18-12)14(20)16-11-4-3-9-5-6-15-8-10(9)7-11/h3-4,7,15H,2,5-6,8H2,1H3,(H,16,20)(H,17,18,19). The van der Waals surface area contributed by atoms with Gasteiger partial charge in [0, 0.05) is 18.7 Å². The van der Waals surface area contributed by atoms with E-state index in [0.717, 1.165) is 31.6 Å². The molecule has 1 amide bonds. The Hall–Kier alpha value is -2.21. The number of carbonyl (C=O) groups is 1. The lowest BCUT2D eigenvalue weighted by atomic mass is 10.0.